The Kier molecular flexibility index (Phi) is 4.53. The highest BCUT2D eigenvalue weighted by Gasteiger charge is 2.26. The van der Waals surface area contributed by atoms with Crippen molar-refractivity contribution in [2.24, 2.45) is 0 Å². The lowest BCUT2D eigenvalue weighted by Crippen LogP contribution is -2.36. The number of hydrogen-bond acceptors (Lipinski definition) is 3. The van der Waals surface area contributed by atoms with Crippen LogP contribution in [0.3, 0.4) is 0 Å². The molecule has 2 aromatic carbocycles. The molecule has 4 rings (SSSR count). The van der Waals surface area contributed by atoms with Crippen LogP contribution in [-0.2, 0) is 0 Å². The van der Waals surface area contributed by atoms with Crippen LogP contribution in [-0.4, -0.2) is 30.4 Å². The van der Waals surface area contributed by atoms with Gasteiger partial charge < -0.3 is 9.73 Å². The predicted octanol–water partition coefficient (Wildman–Crippen LogP) is 4.00. The Hall–Kier alpha value is -2.59. The highest BCUT2D eigenvalue weighted by Crippen LogP contribution is 2.25. The zero-order valence-corrected chi connectivity index (χ0v) is 14.2. The maximum absolute atomic E-state index is 12.6. The summed E-state index contributed by atoms with van der Waals surface area (Å²) < 4.78 is 5.61. The van der Waals surface area contributed by atoms with E-state index in [4.69, 9.17) is 4.42 Å². The summed E-state index contributed by atoms with van der Waals surface area (Å²) in [7, 11) is 0. The molecule has 1 aliphatic heterocycles. The van der Waals surface area contributed by atoms with Crippen molar-refractivity contribution in [3.05, 3.63) is 72.2 Å². The molecule has 0 saturated carbocycles. The van der Waals surface area contributed by atoms with Gasteiger partial charge in [0.2, 0.25) is 0 Å². The zero-order valence-electron chi connectivity index (χ0n) is 14.2. The van der Waals surface area contributed by atoms with E-state index in [1.54, 1.807) is 6.26 Å². The van der Waals surface area contributed by atoms with Crippen molar-refractivity contribution in [3.63, 3.8) is 0 Å². The van der Waals surface area contributed by atoms with Crippen LogP contribution >= 0.6 is 0 Å². The van der Waals surface area contributed by atoms with Crippen LogP contribution in [0.15, 0.2) is 65.3 Å². The van der Waals surface area contributed by atoms with Crippen LogP contribution in [0.5, 0.6) is 0 Å². The number of nitrogens with one attached hydrogen (secondary N) is 1. The van der Waals surface area contributed by atoms with Gasteiger partial charge in [0.05, 0.1) is 12.3 Å². The molecule has 1 saturated heterocycles. The average Bonchev–Trinajstić information content (AvgIpc) is 3.36. The van der Waals surface area contributed by atoms with Crippen LogP contribution in [0.2, 0.25) is 0 Å². The van der Waals surface area contributed by atoms with E-state index in [0.29, 0.717) is 12.1 Å². The van der Waals surface area contributed by atoms with E-state index in [1.807, 2.05) is 48.5 Å². The van der Waals surface area contributed by atoms with E-state index in [1.165, 1.54) is 12.8 Å². The fraction of sp³-hybridized carbons (Fsp3) is 0.286. The third-order valence-corrected chi connectivity index (χ3v) is 4.92. The van der Waals surface area contributed by atoms with Crippen LogP contribution in [0.4, 0.5) is 0 Å². The molecule has 3 aromatic rings. The van der Waals surface area contributed by atoms with E-state index in [0.717, 1.165) is 29.6 Å². The first-order valence-corrected chi connectivity index (χ1v) is 8.86. The SMILES string of the molecule is O=C(NCC(c1ccco1)N1CCCC1)c1ccc2ccccc2c1. The molecule has 4 nitrogen and oxygen atoms in total. The standard InChI is InChI=1S/C21H22N2O2/c24-21(18-10-9-16-6-1-2-7-17(16)14-18)22-15-19(20-8-5-13-25-20)23-11-3-4-12-23/h1-2,5-10,13-14,19H,3-4,11-12,15H2,(H,22,24). The van der Waals surface area contributed by atoms with Crippen molar-refractivity contribution in [1.29, 1.82) is 0 Å². The summed E-state index contributed by atoms with van der Waals surface area (Å²) in [5.74, 6) is 0.877. The first-order chi connectivity index (χ1) is 12.3. The molecule has 4 heteroatoms. The van der Waals surface area contributed by atoms with Gasteiger partial charge in [-0.2, -0.15) is 0 Å². The monoisotopic (exact) mass is 334 g/mol. The van der Waals surface area contributed by atoms with Gasteiger partial charge in [0.15, 0.2) is 0 Å². The van der Waals surface area contributed by atoms with Gasteiger partial charge in [-0.1, -0.05) is 30.3 Å². The average molecular weight is 334 g/mol. The Morgan fingerprint density at radius 3 is 2.60 bits per heavy atom. The Bertz CT molecular complexity index is 851. The zero-order chi connectivity index (χ0) is 17.1. The Morgan fingerprint density at radius 2 is 1.84 bits per heavy atom. The van der Waals surface area contributed by atoms with Gasteiger partial charge in [0, 0.05) is 12.1 Å². The molecule has 25 heavy (non-hydrogen) atoms. The summed E-state index contributed by atoms with van der Waals surface area (Å²) in [5.41, 5.74) is 0.693. The number of furan rings is 1. The summed E-state index contributed by atoms with van der Waals surface area (Å²) >= 11 is 0. The summed E-state index contributed by atoms with van der Waals surface area (Å²) in [6.45, 7) is 2.66. The normalized spacial score (nSPS) is 16.2. The third-order valence-electron chi connectivity index (χ3n) is 4.92. The van der Waals surface area contributed by atoms with Crippen molar-refractivity contribution in [1.82, 2.24) is 10.2 Å². The molecule has 1 aliphatic rings. The number of amides is 1. The van der Waals surface area contributed by atoms with Gasteiger partial charge in [-0.3, -0.25) is 9.69 Å². The van der Waals surface area contributed by atoms with Gasteiger partial charge in [-0.05, 0) is 61.0 Å². The van der Waals surface area contributed by atoms with E-state index in [-0.39, 0.29) is 11.9 Å². The number of likely N-dealkylation sites (tertiary alicyclic amines) is 1. The molecule has 0 spiro atoms. The minimum Gasteiger partial charge on any atom is -0.468 e. The Balaban J connectivity index is 1.48. The maximum Gasteiger partial charge on any atom is 0.251 e. The smallest absolute Gasteiger partial charge is 0.251 e. The number of benzene rings is 2. The molecule has 1 fully saturated rings. The second kappa shape index (κ2) is 7.11. The lowest BCUT2D eigenvalue weighted by molar-refractivity contribution is 0.0934. The summed E-state index contributed by atoms with van der Waals surface area (Å²) in [5, 5.41) is 5.31. The second-order valence-corrected chi connectivity index (χ2v) is 6.55. The molecule has 1 N–H and O–H groups in total. The minimum absolute atomic E-state index is 0.0403. The fourth-order valence-corrected chi connectivity index (χ4v) is 3.57. The van der Waals surface area contributed by atoms with Crippen molar-refractivity contribution in [2.45, 2.75) is 18.9 Å². The quantitative estimate of drug-likeness (QED) is 0.767. The molecule has 2 heterocycles. The lowest BCUT2D eigenvalue weighted by atomic mass is 10.1. The number of rotatable bonds is 5. The van der Waals surface area contributed by atoms with Crippen molar-refractivity contribution >= 4 is 16.7 Å². The van der Waals surface area contributed by atoms with E-state index >= 15 is 0 Å². The Morgan fingerprint density at radius 1 is 1.04 bits per heavy atom. The molecule has 0 aliphatic carbocycles. The van der Waals surface area contributed by atoms with Crippen LogP contribution in [0.1, 0.15) is 35.0 Å². The minimum atomic E-state index is -0.0403. The lowest BCUT2D eigenvalue weighted by Gasteiger charge is -2.26. The molecular weight excluding hydrogens is 312 g/mol. The van der Waals surface area contributed by atoms with E-state index < -0.39 is 0 Å². The number of fused-ring (bicyclic) bond motifs is 1. The molecule has 128 valence electrons. The predicted molar refractivity (Wildman–Crippen MR) is 98.5 cm³/mol. The summed E-state index contributed by atoms with van der Waals surface area (Å²) in [6, 6.07) is 17.9. The first-order valence-electron chi connectivity index (χ1n) is 8.86. The molecule has 0 bridgehead atoms. The molecule has 1 amide bonds. The second-order valence-electron chi connectivity index (χ2n) is 6.55. The molecule has 1 aromatic heterocycles. The highest BCUT2D eigenvalue weighted by molar-refractivity contribution is 5.98. The third kappa shape index (κ3) is 3.44. The van der Waals surface area contributed by atoms with E-state index in [2.05, 4.69) is 16.3 Å². The largest absolute Gasteiger partial charge is 0.468 e. The van der Waals surface area contributed by atoms with Gasteiger partial charge >= 0.3 is 0 Å². The van der Waals surface area contributed by atoms with Crippen LogP contribution in [0, 0.1) is 0 Å². The Labute approximate surface area is 147 Å². The molecule has 1 unspecified atom stereocenters. The topological polar surface area (TPSA) is 45.5 Å². The fourth-order valence-electron chi connectivity index (χ4n) is 3.57. The molecular formula is C21H22N2O2. The van der Waals surface area contributed by atoms with Crippen LogP contribution < -0.4 is 5.32 Å². The van der Waals surface area contributed by atoms with Gasteiger partial charge in [-0.25, -0.2) is 0 Å². The van der Waals surface area contributed by atoms with Gasteiger partial charge in [0.1, 0.15) is 5.76 Å². The van der Waals surface area contributed by atoms with Crippen molar-refractivity contribution in [2.75, 3.05) is 19.6 Å². The molecule has 0 radical (unpaired) electrons. The maximum atomic E-state index is 12.6. The summed E-state index contributed by atoms with van der Waals surface area (Å²) in [6.07, 6.45) is 4.11. The number of nitrogens with zero attached hydrogens (tertiary/aromatic N) is 1. The van der Waals surface area contributed by atoms with Crippen LogP contribution in [0.25, 0.3) is 10.8 Å². The molecule has 1 atom stereocenters. The number of hydrogen-bond donors (Lipinski definition) is 1. The number of carbonyl (C=O) groups excluding carboxylic acids is 1. The van der Waals surface area contributed by atoms with Crippen molar-refractivity contribution in [3.8, 4) is 0 Å². The number of carbonyl (C=O) groups is 1. The first kappa shape index (κ1) is 15.9. The highest BCUT2D eigenvalue weighted by atomic mass is 16.3. The van der Waals surface area contributed by atoms with E-state index in [9.17, 15) is 4.79 Å². The van der Waals surface area contributed by atoms with Gasteiger partial charge in [0.25, 0.3) is 5.91 Å². The summed E-state index contributed by atoms with van der Waals surface area (Å²) in [4.78, 5) is 15.0. The van der Waals surface area contributed by atoms with Gasteiger partial charge in [-0.15, -0.1) is 0 Å². The van der Waals surface area contributed by atoms with Crippen molar-refractivity contribution < 1.29 is 9.21 Å².